The molecule has 66 valence electrons. The quantitative estimate of drug-likeness (QED) is 0.743. The van der Waals surface area contributed by atoms with E-state index in [1.165, 1.54) is 0 Å². The molecular formula is C9H12ClNS. The monoisotopic (exact) mass is 201 g/mol. The molecule has 1 aromatic rings. The van der Waals surface area contributed by atoms with Crippen LogP contribution in [-0.2, 0) is 0 Å². The van der Waals surface area contributed by atoms with Crippen LogP contribution in [0.1, 0.15) is 23.8 Å². The Morgan fingerprint density at radius 3 is 2.92 bits per heavy atom. The number of rotatable bonds is 4. The number of allylic oxidation sites excluding steroid dienone is 1. The first-order valence-electron chi connectivity index (χ1n) is 3.85. The molecule has 0 radical (unpaired) electrons. The molecule has 0 saturated heterocycles. The van der Waals surface area contributed by atoms with Crippen molar-refractivity contribution in [2.45, 2.75) is 18.9 Å². The second kappa shape index (κ2) is 4.65. The van der Waals surface area contributed by atoms with Gasteiger partial charge in [0.1, 0.15) is 0 Å². The Morgan fingerprint density at radius 2 is 2.42 bits per heavy atom. The van der Waals surface area contributed by atoms with E-state index >= 15 is 0 Å². The van der Waals surface area contributed by atoms with Crippen molar-refractivity contribution in [3.05, 3.63) is 34.0 Å². The van der Waals surface area contributed by atoms with Crippen LogP contribution in [0.5, 0.6) is 0 Å². The average Bonchev–Trinajstić information content (AvgIpc) is 2.47. The minimum absolute atomic E-state index is 0.112. The summed E-state index contributed by atoms with van der Waals surface area (Å²) < 4.78 is 0.805. The predicted molar refractivity (Wildman–Crippen MR) is 55.7 cm³/mol. The van der Waals surface area contributed by atoms with E-state index in [0.717, 1.165) is 22.1 Å². The molecule has 0 amide bonds. The molecule has 1 aromatic heterocycles. The lowest BCUT2D eigenvalue weighted by atomic mass is 10.1. The zero-order valence-corrected chi connectivity index (χ0v) is 8.37. The maximum atomic E-state index is 5.90. The Morgan fingerprint density at radius 1 is 1.67 bits per heavy atom. The lowest BCUT2D eigenvalue weighted by Crippen LogP contribution is -2.07. The first kappa shape index (κ1) is 9.78. The molecule has 0 unspecified atom stereocenters. The second-order valence-corrected chi connectivity index (χ2v) is 4.36. The molecule has 1 rings (SSSR count). The van der Waals surface area contributed by atoms with Gasteiger partial charge in [0.05, 0.1) is 4.34 Å². The Kier molecular flexibility index (Phi) is 3.79. The molecule has 3 heteroatoms. The number of nitrogens with two attached hydrogens (primary N) is 1. The summed E-state index contributed by atoms with van der Waals surface area (Å²) in [6.07, 6.45) is 3.78. The topological polar surface area (TPSA) is 26.0 Å². The summed E-state index contributed by atoms with van der Waals surface area (Å²) in [5.74, 6) is 0. The fraction of sp³-hybridized carbons (Fsp3) is 0.333. The van der Waals surface area contributed by atoms with Gasteiger partial charge in [-0.25, -0.2) is 0 Å². The molecule has 0 aliphatic heterocycles. The van der Waals surface area contributed by atoms with Gasteiger partial charge in [0.15, 0.2) is 0 Å². The third-order valence-electron chi connectivity index (χ3n) is 1.64. The summed E-state index contributed by atoms with van der Waals surface area (Å²) in [5, 5.41) is 0. The van der Waals surface area contributed by atoms with Gasteiger partial charge in [-0.1, -0.05) is 17.7 Å². The van der Waals surface area contributed by atoms with Gasteiger partial charge in [0.25, 0.3) is 0 Å². The van der Waals surface area contributed by atoms with Crippen LogP contribution >= 0.6 is 22.9 Å². The smallest absolute Gasteiger partial charge is 0.0931 e. The number of hydrogen-bond acceptors (Lipinski definition) is 2. The van der Waals surface area contributed by atoms with Crippen LogP contribution in [-0.4, -0.2) is 0 Å². The van der Waals surface area contributed by atoms with E-state index in [-0.39, 0.29) is 6.04 Å². The number of hydrogen-bond donors (Lipinski definition) is 1. The third-order valence-corrected chi connectivity index (χ3v) is 3.00. The second-order valence-electron chi connectivity index (χ2n) is 2.61. The molecule has 0 bridgehead atoms. The van der Waals surface area contributed by atoms with Gasteiger partial charge >= 0.3 is 0 Å². The molecule has 0 aromatic carbocycles. The highest BCUT2D eigenvalue weighted by atomic mass is 35.5. The van der Waals surface area contributed by atoms with Crippen molar-refractivity contribution in [1.82, 2.24) is 0 Å². The van der Waals surface area contributed by atoms with Gasteiger partial charge in [-0.2, -0.15) is 0 Å². The molecular weight excluding hydrogens is 190 g/mol. The maximum absolute atomic E-state index is 5.90. The Labute approximate surface area is 81.9 Å². The van der Waals surface area contributed by atoms with Crippen LogP contribution in [0.25, 0.3) is 0 Å². The molecule has 12 heavy (non-hydrogen) atoms. The van der Waals surface area contributed by atoms with Crippen LogP contribution in [0.15, 0.2) is 24.8 Å². The van der Waals surface area contributed by atoms with Crippen LogP contribution in [0.4, 0.5) is 0 Å². The van der Waals surface area contributed by atoms with E-state index in [0.29, 0.717) is 0 Å². The molecule has 1 nitrogen and oxygen atoms in total. The molecule has 0 spiro atoms. The standard InChI is InChI=1S/C9H12ClNS/c1-2-3-4-7(11)8-5-6-9(10)12-8/h2,5-7H,1,3-4,11H2/t7-/m1/s1. The van der Waals surface area contributed by atoms with Crippen LogP contribution in [0.2, 0.25) is 4.34 Å². The van der Waals surface area contributed by atoms with E-state index < -0.39 is 0 Å². The van der Waals surface area contributed by atoms with Gasteiger partial charge < -0.3 is 5.73 Å². The van der Waals surface area contributed by atoms with Crippen molar-refractivity contribution in [3.63, 3.8) is 0 Å². The SMILES string of the molecule is C=CCC[C@@H](N)c1ccc(Cl)s1. The molecule has 0 saturated carbocycles. The summed E-state index contributed by atoms with van der Waals surface area (Å²) in [6, 6.07) is 3.98. The lowest BCUT2D eigenvalue weighted by Gasteiger charge is -2.06. The Balaban J connectivity index is 2.52. The van der Waals surface area contributed by atoms with E-state index in [2.05, 4.69) is 6.58 Å². The van der Waals surface area contributed by atoms with Gasteiger partial charge in [0, 0.05) is 10.9 Å². The number of halogens is 1. The summed E-state index contributed by atoms with van der Waals surface area (Å²) in [7, 11) is 0. The van der Waals surface area contributed by atoms with Crippen molar-refractivity contribution in [2.75, 3.05) is 0 Å². The summed E-state index contributed by atoms with van der Waals surface area (Å²) >= 11 is 7.33. The first-order chi connectivity index (χ1) is 5.74. The van der Waals surface area contributed by atoms with E-state index in [1.807, 2.05) is 18.2 Å². The maximum Gasteiger partial charge on any atom is 0.0931 e. The summed E-state index contributed by atoms with van der Waals surface area (Å²) in [6.45, 7) is 3.65. The van der Waals surface area contributed by atoms with Crippen molar-refractivity contribution in [2.24, 2.45) is 5.73 Å². The summed E-state index contributed by atoms with van der Waals surface area (Å²) in [5.41, 5.74) is 5.90. The Bertz CT molecular complexity index is 257. The van der Waals surface area contributed by atoms with Crippen molar-refractivity contribution >= 4 is 22.9 Å². The highest BCUT2D eigenvalue weighted by molar-refractivity contribution is 7.16. The molecule has 2 N–H and O–H groups in total. The molecule has 0 fully saturated rings. The van der Waals surface area contributed by atoms with E-state index in [9.17, 15) is 0 Å². The highest BCUT2D eigenvalue weighted by Crippen LogP contribution is 2.27. The zero-order valence-electron chi connectivity index (χ0n) is 6.79. The molecule has 1 atom stereocenters. The number of thiophene rings is 1. The van der Waals surface area contributed by atoms with Gasteiger partial charge in [-0.3, -0.25) is 0 Å². The fourth-order valence-corrected chi connectivity index (χ4v) is 2.06. The normalized spacial score (nSPS) is 12.8. The van der Waals surface area contributed by atoms with E-state index in [1.54, 1.807) is 11.3 Å². The predicted octanol–water partition coefficient (Wildman–Crippen LogP) is 3.37. The van der Waals surface area contributed by atoms with Gasteiger partial charge in [-0.05, 0) is 25.0 Å². The van der Waals surface area contributed by atoms with Crippen LogP contribution < -0.4 is 5.73 Å². The Hall–Kier alpha value is -0.310. The molecule has 0 aliphatic rings. The van der Waals surface area contributed by atoms with Crippen molar-refractivity contribution < 1.29 is 0 Å². The minimum atomic E-state index is 0.112. The van der Waals surface area contributed by atoms with E-state index in [4.69, 9.17) is 17.3 Å². The minimum Gasteiger partial charge on any atom is -0.323 e. The first-order valence-corrected chi connectivity index (χ1v) is 5.05. The third kappa shape index (κ3) is 2.63. The fourth-order valence-electron chi connectivity index (χ4n) is 0.967. The average molecular weight is 202 g/mol. The highest BCUT2D eigenvalue weighted by Gasteiger charge is 2.06. The van der Waals surface area contributed by atoms with Crippen LogP contribution in [0.3, 0.4) is 0 Å². The molecule has 1 heterocycles. The largest absolute Gasteiger partial charge is 0.323 e. The lowest BCUT2D eigenvalue weighted by molar-refractivity contribution is 0.673. The summed E-state index contributed by atoms with van der Waals surface area (Å²) in [4.78, 5) is 1.15. The van der Waals surface area contributed by atoms with Crippen molar-refractivity contribution in [3.8, 4) is 0 Å². The van der Waals surface area contributed by atoms with Crippen LogP contribution in [0, 0.1) is 0 Å². The van der Waals surface area contributed by atoms with Gasteiger partial charge in [0.2, 0.25) is 0 Å². The zero-order chi connectivity index (χ0) is 8.97. The van der Waals surface area contributed by atoms with Crippen molar-refractivity contribution in [1.29, 1.82) is 0 Å². The molecule has 0 aliphatic carbocycles. The van der Waals surface area contributed by atoms with Gasteiger partial charge in [-0.15, -0.1) is 17.9 Å².